The monoisotopic (exact) mass is 594 g/mol. The lowest BCUT2D eigenvalue weighted by Crippen LogP contribution is -2.54. The van der Waals surface area contributed by atoms with Crippen LogP contribution in [0.2, 0.25) is 0 Å². The van der Waals surface area contributed by atoms with Gasteiger partial charge in [-0.05, 0) is 76.2 Å². The summed E-state index contributed by atoms with van der Waals surface area (Å²) < 4.78 is 45.3. The Morgan fingerprint density at radius 2 is 1.82 bits per heavy atom. The molecule has 4 aliphatic rings. The standard InChI is InChI=1S/C25H44ClFN6O5S/c1-33-12-22(29-14-33)17-9-20(23(27)21(26)10-17)24(34)31-32-39(36,37)13-16-7-18(8-16)30-25(35)28-11-15-3-5-19(38-2)6-4-15/h15-23,29,32H,3-14H2,1-2H3,(H,31,34)(H2,28,30,35). The highest BCUT2D eigenvalue weighted by molar-refractivity contribution is 7.89. The fourth-order valence-corrected chi connectivity index (χ4v) is 8.10. The molecule has 1 saturated heterocycles. The van der Waals surface area contributed by atoms with E-state index in [9.17, 15) is 22.4 Å². The van der Waals surface area contributed by atoms with Crippen molar-refractivity contribution >= 4 is 33.6 Å². The number of amides is 3. The number of carbonyl (C=O) groups is 2. The highest BCUT2D eigenvalue weighted by Crippen LogP contribution is 2.37. The summed E-state index contributed by atoms with van der Waals surface area (Å²) in [6, 6.07) is -0.197. The van der Waals surface area contributed by atoms with Gasteiger partial charge in [-0.3, -0.25) is 20.4 Å². The molecule has 1 heterocycles. The van der Waals surface area contributed by atoms with Gasteiger partial charge in [-0.1, -0.05) is 0 Å². The van der Waals surface area contributed by atoms with E-state index in [1.807, 2.05) is 7.05 Å². The minimum atomic E-state index is -3.82. The van der Waals surface area contributed by atoms with Gasteiger partial charge in [-0.25, -0.2) is 17.6 Å². The number of halogens is 2. The summed E-state index contributed by atoms with van der Waals surface area (Å²) in [5, 5.41) is 8.40. The Labute approximate surface area is 236 Å². The molecule has 5 N–H and O–H groups in total. The van der Waals surface area contributed by atoms with Crippen molar-refractivity contribution in [2.24, 2.45) is 23.7 Å². The number of methoxy groups -OCH3 is 1. The molecule has 11 nitrogen and oxygen atoms in total. The van der Waals surface area contributed by atoms with Crippen molar-refractivity contribution in [1.82, 2.24) is 31.1 Å². The molecule has 224 valence electrons. The number of likely N-dealkylation sites (N-methyl/N-ethyl adjacent to an activating group) is 1. The van der Waals surface area contributed by atoms with Crippen molar-refractivity contribution in [3.05, 3.63) is 0 Å². The first-order valence-corrected chi connectivity index (χ1v) is 16.2. The quantitative estimate of drug-likeness (QED) is 0.188. The van der Waals surface area contributed by atoms with E-state index in [1.165, 1.54) is 0 Å². The van der Waals surface area contributed by atoms with Crippen LogP contribution in [-0.4, -0.2) is 94.7 Å². The third kappa shape index (κ3) is 8.62. The molecule has 0 spiro atoms. The van der Waals surface area contributed by atoms with Gasteiger partial charge in [0, 0.05) is 39.0 Å². The van der Waals surface area contributed by atoms with Gasteiger partial charge in [-0.2, -0.15) is 0 Å². The minimum absolute atomic E-state index is 0.0269. The predicted octanol–water partition coefficient (Wildman–Crippen LogP) is 1.05. The molecule has 0 radical (unpaired) electrons. The van der Waals surface area contributed by atoms with Crippen molar-refractivity contribution in [1.29, 1.82) is 0 Å². The van der Waals surface area contributed by atoms with Crippen molar-refractivity contribution in [2.45, 2.75) is 81.1 Å². The van der Waals surface area contributed by atoms with Gasteiger partial charge in [0.25, 0.3) is 0 Å². The number of hydrogen-bond acceptors (Lipinski definition) is 7. The first kappa shape index (κ1) is 30.7. The molecule has 5 atom stereocenters. The minimum Gasteiger partial charge on any atom is -0.381 e. The van der Waals surface area contributed by atoms with Crippen molar-refractivity contribution in [3.8, 4) is 0 Å². The predicted molar refractivity (Wildman–Crippen MR) is 146 cm³/mol. The largest absolute Gasteiger partial charge is 0.381 e. The van der Waals surface area contributed by atoms with Gasteiger partial charge >= 0.3 is 6.03 Å². The van der Waals surface area contributed by atoms with Crippen LogP contribution < -0.4 is 26.2 Å². The molecule has 14 heteroatoms. The van der Waals surface area contributed by atoms with Gasteiger partial charge in [0.2, 0.25) is 15.9 Å². The molecule has 3 amide bonds. The lowest BCUT2D eigenvalue weighted by Gasteiger charge is -2.37. The average Bonchev–Trinajstić information content (AvgIpc) is 3.32. The van der Waals surface area contributed by atoms with Crippen LogP contribution in [0.3, 0.4) is 0 Å². The Hall–Kier alpha value is -1.25. The van der Waals surface area contributed by atoms with Crippen molar-refractivity contribution in [3.63, 3.8) is 0 Å². The second-order valence-electron chi connectivity index (χ2n) is 11.9. The van der Waals surface area contributed by atoms with E-state index < -0.39 is 33.4 Å². The molecule has 3 saturated carbocycles. The van der Waals surface area contributed by atoms with Gasteiger partial charge in [0.15, 0.2) is 0 Å². The maximum absolute atomic E-state index is 14.8. The molecule has 3 aliphatic carbocycles. The number of ether oxygens (including phenoxy) is 1. The number of alkyl halides is 2. The molecule has 5 unspecified atom stereocenters. The number of hydrogen-bond donors (Lipinski definition) is 5. The Bertz CT molecular complexity index is 949. The van der Waals surface area contributed by atoms with E-state index in [4.69, 9.17) is 16.3 Å². The molecule has 4 rings (SSSR count). The fraction of sp³-hybridized carbons (Fsp3) is 0.920. The molecule has 0 bridgehead atoms. The van der Waals surface area contributed by atoms with Crippen molar-refractivity contribution in [2.75, 3.05) is 39.7 Å². The van der Waals surface area contributed by atoms with Crippen LogP contribution in [0.4, 0.5) is 9.18 Å². The lowest BCUT2D eigenvalue weighted by molar-refractivity contribution is -0.129. The number of sulfonamides is 1. The van der Waals surface area contributed by atoms with Crippen LogP contribution in [0.1, 0.15) is 51.4 Å². The Kier molecular flexibility index (Phi) is 10.7. The Morgan fingerprint density at radius 3 is 2.46 bits per heavy atom. The van der Waals surface area contributed by atoms with Crippen LogP contribution in [0.15, 0.2) is 0 Å². The summed E-state index contributed by atoms with van der Waals surface area (Å²) in [7, 11) is -0.106. The number of nitrogens with zero attached hydrogens (tertiary/aromatic N) is 1. The molecule has 4 fully saturated rings. The Morgan fingerprint density at radius 1 is 1.10 bits per heavy atom. The topological polar surface area (TPSA) is 141 Å². The van der Waals surface area contributed by atoms with Crippen LogP contribution in [0.5, 0.6) is 0 Å². The second kappa shape index (κ2) is 13.6. The highest BCUT2D eigenvalue weighted by atomic mass is 35.5. The third-order valence-corrected chi connectivity index (χ3v) is 10.6. The normalized spacial score (nSPS) is 37.6. The summed E-state index contributed by atoms with van der Waals surface area (Å²) in [4.78, 5) is 29.2. The van der Waals surface area contributed by atoms with E-state index >= 15 is 0 Å². The highest BCUT2D eigenvalue weighted by Gasteiger charge is 2.44. The van der Waals surface area contributed by atoms with E-state index in [2.05, 4.69) is 31.1 Å². The zero-order chi connectivity index (χ0) is 28.2. The zero-order valence-corrected chi connectivity index (χ0v) is 24.4. The smallest absolute Gasteiger partial charge is 0.315 e. The van der Waals surface area contributed by atoms with Crippen LogP contribution in [0, 0.1) is 23.7 Å². The average molecular weight is 595 g/mol. The van der Waals surface area contributed by atoms with E-state index in [1.54, 1.807) is 7.11 Å². The van der Waals surface area contributed by atoms with Crippen molar-refractivity contribution < 1.29 is 27.1 Å². The Balaban J connectivity index is 1.13. The molecule has 0 aromatic heterocycles. The zero-order valence-electron chi connectivity index (χ0n) is 22.8. The number of urea groups is 1. The van der Waals surface area contributed by atoms with Crippen LogP contribution in [0.25, 0.3) is 0 Å². The van der Waals surface area contributed by atoms with E-state index in [0.717, 1.165) is 38.9 Å². The summed E-state index contributed by atoms with van der Waals surface area (Å²) in [6.07, 6.45) is 4.69. The number of carbonyl (C=O) groups excluding carboxylic acids is 2. The molecular formula is C25H44ClFN6O5S. The summed E-state index contributed by atoms with van der Waals surface area (Å²) in [5.74, 6) is -1.57. The maximum Gasteiger partial charge on any atom is 0.315 e. The SMILES string of the molecule is COC1CCC(CNC(=O)NC2CC(CS(=O)(=O)NNC(=O)C3CC(C4CN(C)CN4)CC(Cl)C3F)C2)CC1. The summed E-state index contributed by atoms with van der Waals surface area (Å²) in [6.45, 7) is 2.14. The molecule has 0 aromatic rings. The first-order chi connectivity index (χ1) is 18.5. The van der Waals surface area contributed by atoms with Gasteiger partial charge in [0.05, 0.1) is 23.2 Å². The number of hydrazine groups is 1. The molecule has 39 heavy (non-hydrogen) atoms. The third-order valence-electron chi connectivity index (χ3n) is 8.89. The molecule has 1 aliphatic heterocycles. The van der Waals surface area contributed by atoms with Gasteiger partial charge in [-0.15, -0.1) is 16.4 Å². The van der Waals surface area contributed by atoms with E-state index in [-0.39, 0.29) is 35.7 Å². The first-order valence-electron chi connectivity index (χ1n) is 14.1. The van der Waals surface area contributed by atoms with Crippen LogP contribution >= 0.6 is 11.6 Å². The van der Waals surface area contributed by atoms with Gasteiger partial charge in [0.1, 0.15) is 6.17 Å². The number of rotatable bonds is 10. The molecule has 0 aromatic carbocycles. The maximum atomic E-state index is 14.8. The number of nitrogens with one attached hydrogen (secondary N) is 5. The van der Waals surface area contributed by atoms with E-state index in [0.29, 0.717) is 44.2 Å². The van der Waals surface area contributed by atoms with Gasteiger partial charge < -0.3 is 15.4 Å². The fourth-order valence-electron chi connectivity index (χ4n) is 6.47. The summed E-state index contributed by atoms with van der Waals surface area (Å²) in [5.41, 5.74) is 2.22. The van der Waals surface area contributed by atoms with Crippen LogP contribution in [-0.2, 0) is 19.6 Å². The lowest BCUT2D eigenvalue weighted by atomic mass is 9.76. The second-order valence-corrected chi connectivity index (χ2v) is 14.3. The summed E-state index contributed by atoms with van der Waals surface area (Å²) >= 11 is 6.25. The molecular weight excluding hydrogens is 551 g/mol.